The van der Waals surface area contributed by atoms with Crippen LogP contribution in [0.15, 0.2) is 53.1 Å². The molecular weight excluding hydrogens is 348 g/mol. The molecule has 0 spiro atoms. The maximum Gasteiger partial charge on any atom is 0.287 e. The average Bonchev–Trinajstić information content (AvgIpc) is 3.33. The zero-order valence-corrected chi connectivity index (χ0v) is 15.3. The first-order chi connectivity index (χ1) is 13.1. The second-order valence-electron chi connectivity index (χ2n) is 6.78. The number of benzene rings is 1. The van der Waals surface area contributed by atoms with E-state index >= 15 is 0 Å². The van der Waals surface area contributed by atoms with Crippen molar-refractivity contribution in [2.24, 2.45) is 0 Å². The molecule has 1 amide bonds. The van der Waals surface area contributed by atoms with E-state index in [1.807, 2.05) is 30.1 Å². The highest BCUT2D eigenvalue weighted by molar-refractivity contribution is 5.91. The molecule has 3 rings (SSSR count). The maximum atomic E-state index is 12.1. The fourth-order valence-corrected chi connectivity index (χ4v) is 3.48. The second-order valence-corrected chi connectivity index (χ2v) is 6.78. The Labute approximate surface area is 158 Å². The van der Waals surface area contributed by atoms with Gasteiger partial charge in [0.2, 0.25) is 0 Å². The number of hydrogen-bond donors (Lipinski definition) is 3. The SMILES string of the molecule is CN(CCc1ccccc1)[C@H]1[C@H](O)[C@H](CO)O[C@@H]1CNC(=O)c1ccco1. The Morgan fingerprint density at radius 1 is 1.19 bits per heavy atom. The molecule has 0 bridgehead atoms. The molecule has 1 aromatic carbocycles. The molecule has 1 aliphatic rings. The maximum absolute atomic E-state index is 12.1. The first kappa shape index (κ1) is 19.6. The summed E-state index contributed by atoms with van der Waals surface area (Å²) in [6.45, 7) is 0.663. The van der Waals surface area contributed by atoms with E-state index in [1.54, 1.807) is 12.1 Å². The minimum Gasteiger partial charge on any atom is -0.459 e. The lowest BCUT2D eigenvalue weighted by Gasteiger charge is -2.30. The van der Waals surface area contributed by atoms with Gasteiger partial charge in [0.25, 0.3) is 5.91 Å². The van der Waals surface area contributed by atoms with Crippen LogP contribution in [0.25, 0.3) is 0 Å². The zero-order chi connectivity index (χ0) is 19.2. The molecule has 7 nitrogen and oxygen atoms in total. The van der Waals surface area contributed by atoms with Crippen LogP contribution in [0, 0.1) is 0 Å². The summed E-state index contributed by atoms with van der Waals surface area (Å²) in [5.74, 6) is -0.113. The van der Waals surface area contributed by atoms with Crippen molar-refractivity contribution in [3.8, 4) is 0 Å². The molecule has 2 heterocycles. The Morgan fingerprint density at radius 2 is 1.96 bits per heavy atom. The highest BCUT2D eigenvalue weighted by atomic mass is 16.5. The average molecular weight is 374 g/mol. The predicted octanol–water partition coefficient (Wildman–Crippen LogP) is 0.673. The number of nitrogens with zero attached hydrogens (tertiary/aromatic N) is 1. The number of aliphatic hydroxyl groups excluding tert-OH is 2. The highest BCUT2D eigenvalue weighted by Gasteiger charge is 2.45. The molecule has 3 N–H and O–H groups in total. The molecule has 0 radical (unpaired) electrons. The molecule has 0 saturated carbocycles. The Bertz CT molecular complexity index is 706. The van der Waals surface area contributed by atoms with Gasteiger partial charge >= 0.3 is 0 Å². The van der Waals surface area contributed by atoms with Gasteiger partial charge in [-0.15, -0.1) is 0 Å². The summed E-state index contributed by atoms with van der Waals surface area (Å²) in [5, 5.41) is 22.8. The third kappa shape index (κ3) is 4.75. The summed E-state index contributed by atoms with van der Waals surface area (Å²) in [5.41, 5.74) is 1.21. The molecule has 4 atom stereocenters. The fourth-order valence-electron chi connectivity index (χ4n) is 3.48. The summed E-state index contributed by atoms with van der Waals surface area (Å²) >= 11 is 0. The number of ether oxygens (including phenoxy) is 1. The van der Waals surface area contributed by atoms with Crippen LogP contribution < -0.4 is 5.32 Å². The summed E-state index contributed by atoms with van der Waals surface area (Å²) in [6.07, 6.45) is 0.334. The monoisotopic (exact) mass is 374 g/mol. The third-order valence-corrected chi connectivity index (χ3v) is 4.96. The summed E-state index contributed by atoms with van der Waals surface area (Å²) in [4.78, 5) is 14.1. The quantitative estimate of drug-likeness (QED) is 0.629. The van der Waals surface area contributed by atoms with Crippen LogP contribution in [0.2, 0.25) is 0 Å². The van der Waals surface area contributed by atoms with E-state index in [9.17, 15) is 15.0 Å². The van der Waals surface area contributed by atoms with Crippen LogP contribution >= 0.6 is 0 Å². The predicted molar refractivity (Wildman–Crippen MR) is 99.4 cm³/mol. The summed E-state index contributed by atoms with van der Waals surface area (Å²) in [6, 6.07) is 13.0. The van der Waals surface area contributed by atoms with Crippen molar-refractivity contribution in [1.82, 2.24) is 10.2 Å². The van der Waals surface area contributed by atoms with E-state index in [0.29, 0.717) is 0 Å². The van der Waals surface area contributed by atoms with Crippen molar-refractivity contribution >= 4 is 5.91 Å². The van der Waals surface area contributed by atoms with Gasteiger partial charge in [-0.3, -0.25) is 9.69 Å². The Morgan fingerprint density at radius 3 is 2.63 bits per heavy atom. The number of carbonyl (C=O) groups excluding carboxylic acids is 1. The lowest BCUT2D eigenvalue weighted by atomic mass is 10.0. The number of nitrogens with one attached hydrogen (secondary N) is 1. The van der Waals surface area contributed by atoms with E-state index < -0.39 is 18.3 Å². The molecular formula is C20H26N2O5. The molecule has 146 valence electrons. The second kappa shape index (κ2) is 9.14. The number of aliphatic hydroxyl groups is 2. The molecule has 2 aromatic rings. The van der Waals surface area contributed by atoms with Gasteiger partial charge in [-0.05, 0) is 31.2 Å². The lowest BCUT2D eigenvalue weighted by molar-refractivity contribution is -0.0209. The number of furan rings is 1. The number of hydrogen-bond acceptors (Lipinski definition) is 6. The minimum atomic E-state index is -0.832. The first-order valence-electron chi connectivity index (χ1n) is 9.10. The smallest absolute Gasteiger partial charge is 0.287 e. The van der Waals surface area contributed by atoms with Crippen LogP contribution in [0.4, 0.5) is 0 Å². The van der Waals surface area contributed by atoms with E-state index in [1.165, 1.54) is 11.8 Å². The van der Waals surface area contributed by atoms with Crippen molar-refractivity contribution in [3.05, 3.63) is 60.1 Å². The van der Waals surface area contributed by atoms with Gasteiger partial charge in [-0.25, -0.2) is 0 Å². The third-order valence-electron chi connectivity index (χ3n) is 4.96. The van der Waals surface area contributed by atoms with Crippen molar-refractivity contribution in [1.29, 1.82) is 0 Å². The fraction of sp³-hybridized carbons (Fsp3) is 0.450. The topological polar surface area (TPSA) is 95.2 Å². The summed E-state index contributed by atoms with van der Waals surface area (Å²) < 4.78 is 10.9. The number of carbonyl (C=O) groups is 1. The number of likely N-dealkylation sites (N-methyl/N-ethyl adjacent to an activating group) is 1. The molecule has 1 saturated heterocycles. The van der Waals surface area contributed by atoms with Crippen molar-refractivity contribution in [3.63, 3.8) is 0 Å². The summed E-state index contributed by atoms with van der Waals surface area (Å²) in [7, 11) is 1.92. The van der Waals surface area contributed by atoms with Gasteiger partial charge < -0.3 is 24.7 Å². The van der Waals surface area contributed by atoms with Crippen LogP contribution in [0.3, 0.4) is 0 Å². The lowest BCUT2D eigenvalue weighted by Crippen LogP contribution is -2.50. The van der Waals surface area contributed by atoms with Gasteiger partial charge in [0.1, 0.15) is 12.2 Å². The molecule has 27 heavy (non-hydrogen) atoms. The van der Waals surface area contributed by atoms with E-state index in [-0.39, 0.29) is 30.9 Å². The Kier molecular flexibility index (Phi) is 6.63. The first-order valence-corrected chi connectivity index (χ1v) is 9.10. The standard InChI is InChI=1S/C20H26N2O5/c1-22(10-9-14-6-3-2-4-7-14)18-16(27-17(13-23)19(18)24)12-21-20(25)15-8-5-11-26-15/h2-8,11,16-19,23-24H,9-10,12-13H2,1H3,(H,21,25)/t16-,17+,18-,19-/m1/s1. The van der Waals surface area contributed by atoms with E-state index in [4.69, 9.17) is 9.15 Å². The minimum absolute atomic E-state index is 0.216. The number of rotatable bonds is 8. The van der Waals surface area contributed by atoms with Gasteiger partial charge in [0.05, 0.1) is 25.0 Å². The van der Waals surface area contributed by atoms with Gasteiger partial charge in [0.15, 0.2) is 5.76 Å². The van der Waals surface area contributed by atoms with Crippen molar-refractivity contribution < 1.29 is 24.2 Å². The van der Waals surface area contributed by atoms with Crippen LogP contribution in [-0.4, -0.2) is 72.1 Å². The van der Waals surface area contributed by atoms with Gasteiger partial charge in [-0.1, -0.05) is 30.3 Å². The normalized spacial score (nSPS) is 25.0. The largest absolute Gasteiger partial charge is 0.459 e. The molecule has 0 aliphatic carbocycles. The van der Waals surface area contributed by atoms with Gasteiger partial charge in [0, 0.05) is 13.1 Å². The van der Waals surface area contributed by atoms with Gasteiger partial charge in [-0.2, -0.15) is 0 Å². The van der Waals surface area contributed by atoms with E-state index in [0.717, 1.165) is 13.0 Å². The van der Waals surface area contributed by atoms with Crippen LogP contribution in [0.1, 0.15) is 16.1 Å². The number of amides is 1. The van der Waals surface area contributed by atoms with Crippen LogP contribution in [-0.2, 0) is 11.2 Å². The van der Waals surface area contributed by atoms with Crippen LogP contribution in [0.5, 0.6) is 0 Å². The molecule has 1 aromatic heterocycles. The highest BCUT2D eigenvalue weighted by Crippen LogP contribution is 2.25. The Hall–Kier alpha value is -2.19. The van der Waals surface area contributed by atoms with Crippen molar-refractivity contribution in [2.75, 3.05) is 26.7 Å². The Balaban J connectivity index is 1.61. The molecule has 0 unspecified atom stereocenters. The molecule has 1 aliphatic heterocycles. The molecule has 7 heteroatoms. The van der Waals surface area contributed by atoms with E-state index in [2.05, 4.69) is 17.4 Å². The van der Waals surface area contributed by atoms with Crippen molar-refractivity contribution in [2.45, 2.75) is 30.8 Å². The zero-order valence-electron chi connectivity index (χ0n) is 15.3. The molecule has 1 fully saturated rings.